The van der Waals surface area contributed by atoms with Gasteiger partial charge < -0.3 is 25.6 Å². The van der Waals surface area contributed by atoms with Gasteiger partial charge in [-0.2, -0.15) is 0 Å². The summed E-state index contributed by atoms with van der Waals surface area (Å²) >= 11 is 0. The van der Waals surface area contributed by atoms with Crippen LogP contribution in [0.15, 0.2) is 18.2 Å². The molecule has 0 radical (unpaired) electrons. The van der Waals surface area contributed by atoms with Crippen molar-refractivity contribution in [3.63, 3.8) is 0 Å². The van der Waals surface area contributed by atoms with Crippen LogP contribution in [0.2, 0.25) is 0 Å². The second-order valence-corrected chi connectivity index (χ2v) is 6.92. The van der Waals surface area contributed by atoms with Gasteiger partial charge in [-0.25, -0.2) is 4.79 Å². The molecule has 4 N–H and O–H groups in total. The molecule has 0 bridgehead atoms. The average Bonchev–Trinajstić information content (AvgIpc) is 2.36. The van der Waals surface area contributed by atoms with Crippen LogP contribution in [0.1, 0.15) is 40.2 Å². The van der Waals surface area contributed by atoms with E-state index >= 15 is 0 Å². The molecule has 0 fully saturated rings. The molecule has 0 heterocycles. The number of aromatic hydroxyl groups is 2. The van der Waals surface area contributed by atoms with E-state index in [4.69, 9.17) is 4.74 Å². The molecule has 0 unspecified atom stereocenters. The number of alkyl carbamates (subject to hydrolysis) is 1. The van der Waals surface area contributed by atoms with Crippen molar-refractivity contribution in [2.45, 2.75) is 52.3 Å². The Kier molecular flexibility index (Phi) is 5.65. The Labute approximate surface area is 131 Å². The zero-order valence-electron chi connectivity index (χ0n) is 13.9. The number of carbonyl (C=O) groups is 1. The third kappa shape index (κ3) is 6.67. The van der Waals surface area contributed by atoms with Gasteiger partial charge in [-0.05, 0) is 52.3 Å². The molecule has 124 valence electrons. The molecule has 6 heteroatoms. The fraction of sp³-hybridized carbons (Fsp3) is 0.562. The van der Waals surface area contributed by atoms with E-state index < -0.39 is 11.7 Å². The van der Waals surface area contributed by atoms with Crippen molar-refractivity contribution in [3.8, 4) is 11.5 Å². The first-order chi connectivity index (χ1) is 9.98. The SMILES string of the molecule is CC(C)(CNC(=O)OC(C)(C)C)NCc1ccc(O)c(O)c1. The van der Waals surface area contributed by atoms with Crippen LogP contribution in [0.3, 0.4) is 0 Å². The number of hydrogen-bond donors (Lipinski definition) is 4. The molecule has 0 atom stereocenters. The van der Waals surface area contributed by atoms with Crippen molar-refractivity contribution in [2.24, 2.45) is 0 Å². The van der Waals surface area contributed by atoms with Gasteiger partial charge in [-0.15, -0.1) is 0 Å². The first kappa shape index (κ1) is 18.1. The molecule has 6 nitrogen and oxygen atoms in total. The van der Waals surface area contributed by atoms with Crippen LogP contribution >= 0.6 is 0 Å². The van der Waals surface area contributed by atoms with Crippen molar-refractivity contribution in [1.29, 1.82) is 0 Å². The number of rotatable bonds is 5. The van der Waals surface area contributed by atoms with E-state index in [0.717, 1.165) is 5.56 Å². The van der Waals surface area contributed by atoms with Gasteiger partial charge in [0.05, 0.1) is 0 Å². The largest absolute Gasteiger partial charge is 0.504 e. The van der Waals surface area contributed by atoms with E-state index in [1.165, 1.54) is 12.1 Å². The number of nitrogens with one attached hydrogen (secondary N) is 2. The predicted molar refractivity (Wildman–Crippen MR) is 84.9 cm³/mol. The Hall–Kier alpha value is -1.95. The molecule has 0 saturated heterocycles. The highest BCUT2D eigenvalue weighted by atomic mass is 16.6. The number of phenolic OH excluding ortho intramolecular Hbond substituents is 2. The van der Waals surface area contributed by atoms with Gasteiger partial charge in [0.25, 0.3) is 0 Å². The maximum absolute atomic E-state index is 11.6. The second-order valence-electron chi connectivity index (χ2n) is 6.92. The highest BCUT2D eigenvalue weighted by Crippen LogP contribution is 2.24. The number of ether oxygens (including phenoxy) is 1. The Balaban J connectivity index is 2.46. The van der Waals surface area contributed by atoms with Crippen LogP contribution in [0, 0.1) is 0 Å². The van der Waals surface area contributed by atoms with E-state index in [9.17, 15) is 15.0 Å². The lowest BCUT2D eigenvalue weighted by Crippen LogP contribution is -2.49. The molecule has 22 heavy (non-hydrogen) atoms. The summed E-state index contributed by atoms with van der Waals surface area (Å²) in [6.07, 6.45) is -0.454. The van der Waals surface area contributed by atoms with Crippen LogP contribution in [-0.4, -0.2) is 34.0 Å². The number of phenols is 2. The zero-order chi connectivity index (χ0) is 17.0. The summed E-state index contributed by atoms with van der Waals surface area (Å²) in [6, 6.07) is 4.66. The van der Waals surface area contributed by atoms with E-state index in [1.54, 1.807) is 6.07 Å². The van der Waals surface area contributed by atoms with E-state index in [0.29, 0.717) is 13.1 Å². The van der Waals surface area contributed by atoms with Crippen LogP contribution in [0.5, 0.6) is 11.5 Å². The molecule has 0 spiro atoms. The Bertz CT molecular complexity index is 521. The highest BCUT2D eigenvalue weighted by molar-refractivity contribution is 5.67. The van der Waals surface area contributed by atoms with Crippen molar-refractivity contribution in [3.05, 3.63) is 23.8 Å². The van der Waals surface area contributed by atoms with Crippen molar-refractivity contribution >= 4 is 6.09 Å². The Morgan fingerprint density at radius 1 is 1.14 bits per heavy atom. The minimum absolute atomic E-state index is 0.144. The maximum atomic E-state index is 11.6. The topological polar surface area (TPSA) is 90.8 Å². The number of carbonyl (C=O) groups excluding carboxylic acids is 1. The first-order valence-corrected chi connectivity index (χ1v) is 7.21. The molecule has 0 saturated carbocycles. The van der Waals surface area contributed by atoms with Gasteiger partial charge in [0.1, 0.15) is 5.60 Å². The fourth-order valence-electron chi connectivity index (χ4n) is 1.69. The van der Waals surface area contributed by atoms with Gasteiger partial charge >= 0.3 is 6.09 Å². The van der Waals surface area contributed by atoms with E-state index in [2.05, 4.69) is 10.6 Å². The van der Waals surface area contributed by atoms with Crippen LogP contribution in [-0.2, 0) is 11.3 Å². The summed E-state index contributed by atoms with van der Waals surface area (Å²) < 4.78 is 5.19. The monoisotopic (exact) mass is 310 g/mol. The van der Waals surface area contributed by atoms with Crippen LogP contribution in [0.4, 0.5) is 4.79 Å². The van der Waals surface area contributed by atoms with Crippen LogP contribution < -0.4 is 10.6 Å². The third-order valence-corrected chi connectivity index (χ3v) is 2.88. The molecule has 0 aromatic heterocycles. The Morgan fingerprint density at radius 3 is 2.32 bits per heavy atom. The van der Waals surface area contributed by atoms with E-state index in [1.807, 2.05) is 34.6 Å². The summed E-state index contributed by atoms with van der Waals surface area (Å²) in [6.45, 7) is 10.2. The Morgan fingerprint density at radius 2 is 1.77 bits per heavy atom. The molecule has 1 aromatic rings. The smallest absolute Gasteiger partial charge is 0.407 e. The van der Waals surface area contributed by atoms with Gasteiger partial charge in [-0.3, -0.25) is 0 Å². The summed E-state index contributed by atoms with van der Waals surface area (Å²) in [7, 11) is 0. The minimum Gasteiger partial charge on any atom is -0.504 e. The molecular weight excluding hydrogens is 284 g/mol. The summed E-state index contributed by atoms with van der Waals surface area (Å²) in [4.78, 5) is 11.6. The molecule has 0 aliphatic heterocycles. The van der Waals surface area contributed by atoms with E-state index in [-0.39, 0.29) is 17.0 Å². The molecule has 0 aliphatic rings. The third-order valence-electron chi connectivity index (χ3n) is 2.88. The second kappa shape index (κ2) is 6.87. The molecule has 1 aromatic carbocycles. The number of benzene rings is 1. The summed E-state index contributed by atoms with van der Waals surface area (Å²) in [5.74, 6) is -0.293. The highest BCUT2D eigenvalue weighted by Gasteiger charge is 2.21. The van der Waals surface area contributed by atoms with Gasteiger partial charge in [0, 0.05) is 18.6 Å². The van der Waals surface area contributed by atoms with Crippen molar-refractivity contribution in [1.82, 2.24) is 10.6 Å². The number of amides is 1. The normalized spacial score (nSPS) is 12.0. The zero-order valence-corrected chi connectivity index (χ0v) is 13.9. The lowest BCUT2D eigenvalue weighted by molar-refractivity contribution is 0.0513. The van der Waals surface area contributed by atoms with Gasteiger partial charge in [-0.1, -0.05) is 6.07 Å². The lowest BCUT2D eigenvalue weighted by atomic mass is 10.0. The van der Waals surface area contributed by atoms with Crippen molar-refractivity contribution < 1.29 is 19.7 Å². The molecular formula is C16H26N2O4. The van der Waals surface area contributed by atoms with Gasteiger partial charge in [0.2, 0.25) is 0 Å². The quantitative estimate of drug-likeness (QED) is 0.627. The van der Waals surface area contributed by atoms with Crippen LogP contribution in [0.25, 0.3) is 0 Å². The first-order valence-electron chi connectivity index (χ1n) is 7.21. The summed E-state index contributed by atoms with van der Waals surface area (Å²) in [5, 5.41) is 24.7. The predicted octanol–water partition coefficient (Wildman–Crippen LogP) is 2.49. The molecule has 1 rings (SSSR count). The minimum atomic E-state index is -0.523. The fourth-order valence-corrected chi connectivity index (χ4v) is 1.69. The van der Waals surface area contributed by atoms with Gasteiger partial charge in [0.15, 0.2) is 11.5 Å². The molecule has 1 amide bonds. The maximum Gasteiger partial charge on any atom is 0.407 e. The average molecular weight is 310 g/mol. The molecule has 0 aliphatic carbocycles. The standard InChI is InChI=1S/C16H26N2O4/c1-15(2,3)22-14(21)17-10-16(4,5)18-9-11-6-7-12(19)13(20)8-11/h6-8,18-20H,9-10H2,1-5H3,(H,17,21). The number of hydrogen-bond acceptors (Lipinski definition) is 5. The lowest BCUT2D eigenvalue weighted by Gasteiger charge is -2.28. The summed E-state index contributed by atoms with van der Waals surface area (Å²) in [5.41, 5.74) is -0.0454. The van der Waals surface area contributed by atoms with Crippen molar-refractivity contribution in [2.75, 3.05) is 6.54 Å².